The lowest BCUT2D eigenvalue weighted by molar-refractivity contribution is 0.454. The maximum Gasteiger partial charge on any atom is 0.0965 e. The number of rotatable bonds is 4. The molecule has 1 aromatic rings. The molecule has 0 radical (unpaired) electrons. The molecule has 0 aliphatic heterocycles. The Bertz CT molecular complexity index is 323. The van der Waals surface area contributed by atoms with Gasteiger partial charge in [0.15, 0.2) is 0 Å². The third kappa shape index (κ3) is 2.20. The van der Waals surface area contributed by atoms with E-state index in [0.29, 0.717) is 6.04 Å². The smallest absolute Gasteiger partial charge is 0.0965 e. The molecule has 1 heterocycles. The van der Waals surface area contributed by atoms with Gasteiger partial charge in [-0.1, -0.05) is 18.1 Å². The third-order valence-corrected chi connectivity index (χ3v) is 3.41. The summed E-state index contributed by atoms with van der Waals surface area (Å²) in [5, 5.41) is 11.9. The molecule has 1 aromatic heterocycles. The second kappa shape index (κ2) is 3.93. The van der Waals surface area contributed by atoms with Gasteiger partial charge in [-0.15, -0.1) is 5.10 Å². The summed E-state index contributed by atoms with van der Waals surface area (Å²) in [5.74, 6) is 0. The molecule has 4 nitrogen and oxygen atoms in total. The fourth-order valence-electron chi connectivity index (χ4n) is 2.28. The summed E-state index contributed by atoms with van der Waals surface area (Å²) in [6.45, 7) is 0.886. The lowest BCUT2D eigenvalue weighted by atomic mass is 10.2. The molecule has 1 N–H and O–H groups in total. The highest BCUT2D eigenvalue weighted by Crippen LogP contribution is 2.28. The molecule has 3 rings (SSSR count). The van der Waals surface area contributed by atoms with Crippen LogP contribution < -0.4 is 5.32 Å². The quantitative estimate of drug-likeness (QED) is 0.814. The van der Waals surface area contributed by atoms with Crippen molar-refractivity contribution < 1.29 is 0 Å². The van der Waals surface area contributed by atoms with Crippen LogP contribution in [0.3, 0.4) is 0 Å². The van der Waals surface area contributed by atoms with Crippen molar-refractivity contribution in [3.05, 3.63) is 11.9 Å². The van der Waals surface area contributed by atoms with Crippen molar-refractivity contribution in [3.63, 3.8) is 0 Å². The van der Waals surface area contributed by atoms with Crippen molar-refractivity contribution in [1.82, 2.24) is 20.3 Å². The molecule has 0 amide bonds. The monoisotopic (exact) mass is 206 g/mol. The molecule has 15 heavy (non-hydrogen) atoms. The van der Waals surface area contributed by atoms with Crippen LogP contribution in [0.5, 0.6) is 0 Å². The van der Waals surface area contributed by atoms with Crippen molar-refractivity contribution >= 4 is 0 Å². The Balaban J connectivity index is 1.59. The van der Waals surface area contributed by atoms with Crippen molar-refractivity contribution in [2.24, 2.45) is 0 Å². The van der Waals surface area contributed by atoms with Crippen LogP contribution in [-0.2, 0) is 6.54 Å². The van der Waals surface area contributed by atoms with Crippen molar-refractivity contribution in [1.29, 1.82) is 0 Å². The first kappa shape index (κ1) is 9.33. The molecule has 0 atom stereocenters. The van der Waals surface area contributed by atoms with Crippen LogP contribution in [0, 0.1) is 0 Å². The molecule has 82 valence electrons. The summed E-state index contributed by atoms with van der Waals surface area (Å²) in [4.78, 5) is 0. The first-order valence-corrected chi connectivity index (χ1v) is 6.06. The highest BCUT2D eigenvalue weighted by molar-refractivity contribution is 4.95. The molecule has 0 saturated heterocycles. The summed E-state index contributed by atoms with van der Waals surface area (Å²) in [6, 6.07) is 1.37. The van der Waals surface area contributed by atoms with E-state index in [4.69, 9.17) is 0 Å². The molecule has 4 heteroatoms. The van der Waals surface area contributed by atoms with Gasteiger partial charge in [-0.05, 0) is 25.7 Å². The van der Waals surface area contributed by atoms with Crippen molar-refractivity contribution in [3.8, 4) is 0 Å². The van der Waals surface area contributed by atoms with Gasteiger partial charge < -0.3 is 5.32 Å². The Morgan fingerprint density at radius 1 is 1.27 bits per heavy atom. The Kier molecular flexibility index (Phi) is 2.44. The number of aromatic nitrogens is 3. The second-order valence-corrected chi connectivity index (χ2v) is 4.78. The molecule has 0 unspecified atom stereocenters. The van der Waals surface area contributed by atoms with Gasteiger partial charge in [0.1, 0.15) is 0 Å². The lowest BCUT2D eigenvalue weighted by Crippen LogP contribution is -2.15. The van der Waals surface area contributed by atoms with Crippen LogP contribution in [0.1, 0.15) is 50.3 Å². The second-order valence-electron chi connectivity index (χ2n) is 4.78. The van der Waals surface area contributed by atoms with E-state index in [0.717, 1.165) is 18.3 Å². The van der Waals surface area contributed by atoms with Crippen molar-refractivity contribution in [2.75, 3.05) is 0 Å². The predicted molar refractivity (Wildman–Crippen MR) is 57.4 cm³/mol. The van der Waals surface area contributed by atoms with Gasteiger partial charge in [-0.25, -0.2) is 4.68 Å². The van der Waals surface area contributed by atoms with Crippen LogP contribution in [0.25, 0.3) is 0 Å². The van der Waals surface area contributed by atoms with Gasteiger partial charge in [-0.3, -0.25) is 0 Å². The van der Waals surface area contributed by atoms with E-state index < -0.39 is 0 Å². The Morgan fingerprint density at radius 2 is 2.07 bits per heavy atom. The molecule has 2 aliphatic carbocycles. The maximum absolute atomic E-state index is 4.22. The highest BCUT2D eigenvalue weighted by Gasteiger charge is 2.21. The molecular weight excluding hydrogens is 188 g/mol. The standard InChI is InChI=1S/C11H18N4/c1-2-4-11(3-1)15-8-10(13-14-15)7-12-9-5-6-9/h8-9,11-12H,1-7H2. The molecule has 0 spiro atoms. The first-order valence-electron chi connectivity index (χ1n) is 6.06. The summed E-state index contributed by atoms with van der Waals surface area (Å²) >= 11 is 0. The number of hydrogen-bond donors (Lipinski definition) is 1. The average Bonchev–Trinajstić information content (AvgIpc) is 2.78. The first-order chi connectivity index (χ1) is 7.42. The van der Waals surface area contributed by atoms with Gasteiger partial charge in [0.05, 0.1) is 17.9 Å². The van der Waals surface area contributed by atoms with Gasteiger partial charge in [0.2, 0.25) is 0 Å². The van der Waals surface area contributed by atoms with Gasteiger partial charge >= 0.3 is 0 Å². The molecule has 2 saturated carbocycles. The van der Waals surface area contributed by atoms with Crippen LogP contribution in [0.2, 0.25) is 0 Å². The summed E-state index contributed by atoms with van der Waals surface area (Å²) in [6.07, 6.45) is 10.0. The minimum absolute atomic E-state index is 0.618. The topological polar surface area (TPSA) is 42.7 Å². The molecule has 2 aliphatic rings. The Morgan fingerprint density at radius 3 is 2.80 bits per heavy atom. The maximum atomic E-state index is 4.22. The molecule has 0 bridgehead atoms. The van der Waals surface area contributed by atoms with E-state index in [1.165, 1.54) is 38.5 Å². The van der Waals surface area contributed by atoms with E-state index in [1.807, 2.05) is 0 Å². The zero-order valence-corrected chi connectivity index (χ0v) is 9.02. The summed E-state index contributed by atoms with van der Waals surface area (Å²) < 4.78 is 2.07. The van der Waals surface area contributed by atoms with Crippen LogP contribution in [0.4, 0.5) is 0 Å². The van der Waals surface area contributed by atoms with E-state index in [-0.39, 0.29) is 0 Å². The normalized spacial score (nSPS) is 22.4. The van der Waals surface area contributed by atoms with Crippen molar-refractivity contribution in [2.45, 2.75) is 57.2 Å². The van der Waals surface area contributed by atoms with Crippen LogP contribution >= 0.6 is 0 Å². The van der Waals surface area contributed by atoms with Crippen LogP contribution in [0.15, 0.2) is 6.20 Å². The van der Waals surface area contributed by atoms with E-state index in [2.05, 4.69) is 26.5 Å². The number of nitrogens with one attached hydrogen (secondary N) is 1. The zero-order chi connectivity index (χ0) is 10.1. The largest absolute Gasteiger partial charge is 0.308 e. The minimum Gasteiger partial charge on any atom is -0.308 e. The summed E-state index contributed by atoms with van der Waals surface area (Å²) in [5.41, 5.74) is 1.09. The van der Waals surface area contributed by atoms with E-state index in [1.54, 1.807) is 0 Å². The van der Waals surface area contributed by atoms with Crippen LogP contribution in [-0.4, -0.2) is 21.0 Å². The Hall–Kier alpha value is -0.900. The van der Waals surface area contributed by atoms with E-state index >= 15 is 0 Å². The molecule has 2 fully saturated rings. The zero-order valence-electron chi connectivity index (χ0n) is 9.02. The summed E-state index contributed by atoms with van der Waals surface area (Å²) in [7, 11) is 0. The van der Waals surface area contributed by atoms with Gasteiger partial charge in [0.25, 0.3) is 0 Å². The van der Waals surface area contributed by atoms with E-state index in [9.17, 15) is 0 Å². The third-order valence-electron chi connectivity index (χ3n) is 3.41. The average molecular weight is 206 g/mol. The fourth-order valence-corrected chi connectivity index (χ4v) is 2.28. The fraction of sp³-hybridized carbons (Fsp3) is 0.818. The SMILES string of the molecule is c1c(CNC2CC2)nnn1C1CCCC1. The minimum atomic E-state index is 0.618. The Labute approximate surface area is 90.0 Å². The number of nitrogens with zero attached hydrogens (tertiary/aromatic N) is 3. The molecular formula is C11H18N4. The van der Waals surface area contributed by atoms with Gasteiger partial charge in [-0.2, -0.15) is 0 Å². The lowest BCUT2D eigenvalue weighted by Gasteiger charge is -2.06. The highest BCUT2D eigenvalue weighted by atomic mass is 15.4. The number of hydrogen-bond acceptors (Lipinski definition) is 3. The van der Waals surface area contributed by atoms with Gasteiger partial charge in [0, 0.05) is 12.6 Å². The predicted octanol–water partition coefficient (Wildman–Crippen LogP) is 1.65. The molecule has 0 aromatic carbocycles.